The lowest BCUT2D eigenvalue weighted by Gasteiger charge is -2.30. The lowest BCUT2D eigenvalue weighted by molar-refractivity contribution is 0.323. The lowest BCUT2D eigenvalue weighted by atomic mass is 9.86. The quantitative estimate of drug-likeness (QED) is 0.664. The third-order valence-electron chi connectivity index (χ3n) is 6.69. The fraction of sp³-hybridized carbons (Fsp3) is 0.600. The number of hydrogen-bond acceptors (Lipinski definition) is 6. The molecule has 0 bridgehead atoms. The van der Waals surface area contributed by atoms with Crippen LogP contribution in [0.5, 0.6) is 5.75 Å². The standard InChI is InChI=1S/C25H37N5O/c1-30(2)24-22-6-4-5-7-23(22)28-25(29-24)27-20-12-8-18(9-13-20)16-26-17-19-10-14-21(31-3)15-11-19/h10-11,14-15,18,20,26H,4-9,12-13,16-17H2,1-3H3,(H,27,28,29)/t18-,20+. The summed E-state index contributed by atoms with van der Waals surface area (Å²) in [6.45, 7) is 2.00. The second-order valence-electron chi connectivity index (χ2n) is 9.24. The Morgan fingerprint density at radius 3 is 2.45 bits per heavy atom. The molecule has 2 aliphatic rings. The van der Waals surface area contributed by atoms with Crippen molar-refractivity contribution in [2.45, 2.75) is 64.0 Å². The Hall–Kier alpha value is -2.34. The number of rotatable bonds is 8. The van der Waals surface area contributed by atoms with E-state index in [9.17, 15) is 0 Å². The molecule has 0 radical (unpaired) electrons. The fourth-order valence-electron chi connectivity index (χ4n) is 4.87. The molecule has 0 amide bonds. The molecule has 0 saturated heterocycles. The predicted octanol–water partition coefficient (Wildman–Crippen LogP) is 4.19. The monoisotopic (exact) mass is 423 g/mol. The summed E-state index contributed by atoms with van der Waals surface area (Å²) >= 11 is 0. The van der Waals surface area contributed by atoms with E-state index in [4.69, 9.17) is 14.7 Å². The summed E-state index contributed by atoms with van der Waals surface area (Å²) in [5.74, 6) is 3.59. The van der Waals surface area contributed by atoms with E-state index in [1.807, 2.05) is 12.1 Å². The van der Waals surface area contributed by atoms with Crippen LogP contribution in [0.2, 0.25) is 0 Å². The average molecular weight is 424 g/mol. The molecule has 168 valence electrons. The van der Waals surface area contributed by atoms with Crippen LogP contribution in [0, 0.1) is 5.92 Å². The average Bonchev–Trinajstić information content (AvgIpc) is 2.80. The van der Waals surface area contributed by atoms with Crippen molar-refractivity contribution in [2.75, 3.05) is 38.0 Å². The zero-order valence-electron chi connectivity index (χ0n) is 19.3. The van der Waals surface area contributed by atoms with Crippen LogP contribution in [0.1, 0.15) is 55.3 Å². The van der Waals surface area contributed by atoms with Crippen LogP contribution >= 0.6 is 0 Å². The van der Waals surface area contributed by atoms with Gasteiger partial charge in [0.2, 0.25) is 5.95 Å². The molecule has 1 saturated carbocycles. The maximum absolute atomic E-state index is 5.23. The number of hydrogen-bond donors (Lipinski definition) is 2. The Balaban J connectivity index is 1.25. The maximum atomic E-state index is 5.23. The summed E-state index contributed by atoms with van der Waals surface area (Å²) in [5, 5.41) is 7.29. The number of aryl methyl sites for hydroxylation is 1. The van der Waals surface area contributed by atoms with E-state index in [1.54, 1.807) is 7.11 Å². The molecule has 31 heavy (non-hydrogen) atoms. The maximum Gasteiger partial charge on any atom is 0.225 e. The van der Waals surface area contributed by atoms with Gasteiger partial charge in [-0.3, -0.25) is 0 Å². The van der Waals surface area contributed by atoms with Crippen LogP contribution in [0.25, 0.3) is 0 Å². The summed E-state index contributed by atoms with van der Waals surface area (Å²) in [7, 11) is 5.88. The highest BCUT2D eigenvalue weighted by atomic mass is 16.5. The Bertz CT molecular complexity index is 844. The molecule has 6 nitrogen and oxygen atoms in total. The molecule has 0 aliphatic heterocycles. The first kappa shape index (κ1) is 21.9. The number of benzene rings is 1. The van der Waals surface area contributed by atoms with Crippen molar-refractivity contribution in [2.24, 2.45) is 5.92 Å². The molecule has 0 unspecified atom stereocenters. The highest BCUT2D eigenvalue weighted by Gasteiger charge is 2.23. The molecule has 6 heteroatoms. The minimum Gasteiger partial charge on any atom is -0.497 e. The molecule has 2 N–H and O–H groups in total. The van der Waals surface area contributed by atoms with Gasteiger partial charge in [-0.2, -0.15) is 4.98 Å². The van der Waals surface area contributed by atoms with Gasteiger partial charge in [0, 0.05) is 32.2 Å². The van der Waals surface area contributed by atoms with Gasteiger partial charge in [0.05, 0.1) is 12.8 Å². The van der Waals surface area contributed by atoms with Crippen LogP contribution in [0.15, 0.2) is 24.3 Å². The number of nitrogens with zero attached hydrogens (tertiary/aromatic N) is 3. The molecule has 1 heterocycles. The van der Waals surface area contributed by atoms with Crippen molar-refractivity contribution in [1.82, 2.24) is 15.3 Å². The molecule has 2 aliphatic carbocycles. The molecule has 1 aromatic carbocycles. The summed E-state index contributed by atoms with van der Waals surface area (Å²) in [4.78, 5) is 11.9. The van der Waals surface area contributed by atoms with Gasteiger partial charge in [0.25, 0.3) is 0 Å². The first-order valence-electron chi connectivity index (χ1n) is 11.8. The third-order valence-corrected chi connectivity index (χ3v) is 6.69. The van der Waals surface area contributed by atoms with E-state index in [-0.39, 0.29) is 0 Å². The van der Waals surface area contributed by atoms with Crippen molar-refractivity contribution >= 4 is 11.8 Å². The normalized spacial score (nSPS) is 20.7. The van der Waals surface area contributed by atoms with Gasteiger partial charge >= 0.3 is 0 Å². The van der Waals surface area contributed by atoms with Crippen LogP contribution in [0.3, 0.4) is 0 Å². The number of aromatic nitrogens is 2. The van der Waals surface area contributed by atoms with Gasteiger partial charge in [-0.25, -0.2) is 4.98 Å². The van der Waals surface area contributed by atoms with E-state index in [0.717, 1.165) is 49.4 Å². The molecule has 0 spiro atoms. The van der Waals surface area contributed by atoms with Crippen molar-refractivity contribution in [3.05, 3.63) is 41.1 Å². The summed E-state index contributed by atoms with van der Waals surface area (Å²) in [5.41, 5.74) is 3.91. The summed E-state index contributed by atoms with van der Waals surface area (Å²) in [6.07, 6.45) is 9.56. The Kier molecular flexibility index (Phi) is 7.28. The predicted molar refractivity (Wildman–Crippen MR) is 127 cm³/mol. The van der Waals surface area contributed by atoms with Gasteiger partial charge in [-0.1, -0.05) is 12.1 Å². The minimum atomic E-state index is 0.481. The second-order valence-corrected chi connectivity index (χ2v) is 9.24. The van der Waals surface area contributed by atoms with E-state index in [0.29, 0.717) is 6.04 Å². The molecule has 1 aromatic heterocycles. The topological polar surface area (TPSA) is 62.3 Å². The fourth-order valence-corrected chi connectivity index (χ4v) is 4.87. The van der Waals surface area contributed by atoms with Gasteiger partial charge in [-0.05, 0) is 81.5 Å². The van der Waals surface area contributed by atoms with Crippen LogP contribution < -0.4 is 20.3 Å². The SMILES string of the molecule is COc1ccc(CNC[C@H]2CC[C@@H](Nc3nc4c(c(N(C)C)n3)CCCC4)CC2)cc1. The highest BCUT2D eigenvalue weighted by Crippen LogP contribution is 2.30. The van der Waals surface area contributed by atoms with Gasteiger partial charge < -0.3 is 20.3 Å². The minimum absolute atomic E-state index is 0.481. The molecule has 4 rings (SSSR count). The smallest absolute Gasteiger partial charge is 0.225 e. The van der Waals surface area contributed by atoms with E-state index >= 15 is 0 Å². The van der Waals surface area contributed by atoms with Crippen LogP contribution in [0.4, 0.5) is 11.8 Å². The Labute approximate surface area is 186 Å². The van der Waals surface area contributed by atoms with Gasteiger partial charge in [0.1, 0.15) is 11.6 Å². The zero-order chi connectivity index (χ0) is 21.6. The van der Waals surface area contributed by atoms with Crippen molar-refractivity contribution in [3.63, 3.8) is 0 Å². The van der Waals surface area contributed by atoms with Crippen LogP contribution in [-0.4, -0.2) is 43.8 Å². The first-order chi connectivity index (χ1) is 15.1. The van der Waals surface area contributed by atoms with Crippen LogP contribution in [-0.2, 0) is 19.4 Å². The molecule has 0 atom stereocenters. The zero-order valence-corrected chi connectivity index (χ0v) is 19.3. The third kappa shape index (κ3) is 5.67. The van der Waals surface area contributed by atoms with Crippen molar-refractivity contribution in [3.8, 4) is 5.75 Å². The molecule has 1 fully saturated rings. The molecular formula is C25H37N5O. The number of ether oxygens (including phenoxy) is 1. The summed E-state index contributed by atoms with van der Waals surface area (Å²) in [6, 6.07) is 8.80. The Morgan fingerprint density at radius 1 is 1.00 bits per heavy atom. The van der Waals surface area contributed by atoms with Crippen molar-refractivity contribution < 1.29 is 4.74 Å². The Morgan fingerprint density at radius 2 is 1.74 bits per heavy atom. The molecular weight excluding hydrogens is 386 g/mol. The second kappa shape index (κ2) is 10.3. The number of anilines is 2. The molecule has 2 aromatic rings. The lowest BCUT2D eigenvalue weighted by Crippen LogP contribution is -2.32. The van der Waals surface area contributed by atoms with E-state index < -0.39 is 0 Å². The highest BCUT2D eigenvalue weighted by molar-refractivity contribution is 5.52. The first-order valence-corrected chi connectivity index (χ1v) is 11.8. The van der Waals surface area contributed by atoms with Crippen molar-refractivity contribution in [1.29, 1.82) is 0 Å². The van der Waals surface area contributed by atoms with E-state index in [1.165, 1.54) is 55.3 Å². The largest absolute Gasteiger partial charge is 0.497 e. The van der Waals surface area contributed by atoms with E-state index in [2.05, 4.69) is 41.8 Å². The van der Waals surface area contributed by atoms with Gasteiger partial charge in [0.15, 0.2) is 0 Å². The summed E-state index contributed by atoms with van der Waals surface area (Å²) < 4.78 is 5.23. The number of nitrogens with one attached hydrogen (secondary N) is 2. The number of fused-ring (bicyclic) bond motifs is 1. The van der Waals surface area contributed by atoms with Gasteiger partial charge in [-0.15, -0.1) is 0 Å². The number of methoxy groups -OCH3 is 1.